The van der Waals surface area contributed by atoms with E-state index < -0.39 is 17.6 Å². The number of nitrogens with zero attached hydrogens (tertiary/aromatic N) is 3. The molecule has 0 aliphatic carbocycles. The molecule has 10 heteroatoms. The van der Waals surface area contributed by atoms with Crippen molar-refractivity contribution in [1.82, 2.24) is 20.5 Å². The van der Waals surface area contributed by atoms with Crippen molar-refractivity contribution in [3.63, 3.8) is 0 Å². The number of guanidine groups is 1. The molecule has 0 amide bonds. The Morgan fingerprint density at radius 2 is 2.07 bits per heavy atom. The SMILES string of the molecule is CCCN1CCC(NC(=NC)NCCOc2ncccc2C(F)(F)F)CC1.I. The van der Waals surface area contributed by atoms with Gasteiger partial charge in [-0.2, -0.15) is 13.2 Å². The number of ether oxygens (including phenoxy) is 1. The van der Waals surface area contributed by atoms with Crippen LogP contribution in [0.5, 0.6) is 5.88 Å². The quantitative estimate of drug-likeness (QED) is 0.253. The first-order chi connectivity index (χ1) is 12.9. The van der Waals surface area contributed by atoms with Crippen LogP contribution in [0.25, 0.3) is 0 Å². The zero-order chi connectivity index (χ0) is 19.7. The van der Waals surface area contributed by atoms with Gasteiger partial charge in [0.25, 0.3) is 0 Å². The minimum absolute atomic E-state index is 0. The third-order valence-electron chi connectivity index (χ3n) is 4.40. The van der Waals surface area contributed by atoms with Gasteiger partial charge in [-0.3, -0.25) is 4.99 Å². The summed E-state index contributed by atoms with van der Waals surface area (Å²) in [6, 6.07) is 2.55. The van der Waals surface area contributed by atoms with E-state index in [0.29, 0.717) is 18.5 Å². The van der Waals surface area contributed by atoms with Gasteiger partial charge in [0.15, 0.2) is 5.96 Å². The second-order valence-corrected chi connectivity index (χ2v) is 6.46. The molecule has 0 unspecified atom stereocenters. The lowest BCUT2D eigenvalue weighted by molar-refractivity contribution is -0.139. The molecule has 1 aliphatic heterocycles. The first-order valence-corrected chi connectivity index (χ1v) is 9.28. The molecular weight excluding hydrogens is 486 g/mol. The molecule has 6 nitrogen and oxygen atoms in total. The minimum atomic E-state index is -4.48. The van der Waals surface area contributed by atoms with Gasteiger partial charge in [0, 0.05) is 32.4 Å². The molecule has 0 atom stereocenters. The summed E-state index contributed by atoms with van der Waals surface area (Å²) in [6.45, 7) is 5.81. The fourth-order valence-electron chi connectivity index (χ4n) is 3.04. The Kier molecular flexibility index (Phi) is 10.9. The van der Waals surface area contributed by atoms with Crippen LogP contribution in [0.2, 0.25) is 0 Å². The first kappa shape index (κ1) is 24.7. The topological polar surface area (TPSA) is 61.8 Å². The van der Waals surface area contributed by atoms with E-state index >= 15 is 0 Å². The Labute approximate surface area is 181 Å². The summed E-state index contributed by atoms with van der Waals surface area (Å²) in [6.07, 6.45) is 0.0401. The van der Waals surface area contributed by atoms with E-state index in [2.05, 4.69) is 32.4 Å². The zero-order valence-corrected chi connectivity index (χ0v) is 18.6. The predicted octanol–water partition coefficient (Wildman–Crippen LogP) is 3.14. The molecule has 0 aromatic carbocycles. The standard InChI is InChI=1S/C18H28F3N5O.HI/c1-3-10-26-11-6-14(7-12-26)25-17(22-2)24-9-13-27-16-15(18(19,20)21)5-4-8-23-16;/h4-5,8,14H,3,6-7,9-13H2,1-2H3,(H2,22,24,25);1H. The Hall–Kier alpha value is -1.30. The highest BCUT2D eigenvalue weighted by Crippen LogP contribution is 2.34. The summed E-state index contributed by atoms with van der Waals surface area (Å²) in [5.74, 6) is 0.225. The van der Waals surface area contributed by atoms with E-state index in [1.54, 1.807) is 7.05 Å². The lowest BCUT2D eigenvalue weighted by atomic mass is 10.1. The van der Waals surface area contributed by atoms with Crippen LogP contribution in [-0.4, -0.2) is 61.7 Å². The second-order valence-electron chi connectivity index (χ2n) is 6.46. The summed E-state index contributed by atoms with van der Waals surface area (Å²) in [5, 5.41) is 6.44. The average Bonchev–Trinajstić information content (AvgIpc) is 2.65. The number of alkyl halides is 3. The molecule has 0 spiro atoms. The number of piperidine rings is 1. The van der Waals surface area contributed by atoms with Crippen molar-refractivity contribution < 1.29 is 17.9 Å². The molecule has 1 fully saturated rings. The maximum atomic E-state index is 12.9. The van der Waals surface area contributed by atoms with Gasteiger partial charge in [-0.1, -0.05) is 6.92 Å². The highest BCUT2D eigenvalue weighted by molar-refractivity contribution is 14.0. The van der Waals surface area contributed by atoms with Gasteiger partial charge in [-0.15, -0.1) is 24.0 Å². The maximum absolute atomic E-state index is 12.9. The summed E-state index contributed by atoms with van der Waals surface area (Å²) >= 11 is 0. The van der Waals surface area contributed by atoms with E-state index in [1.165, 1.54) is 12.3 Å². The number of aromatic nitrogens is 1. The summed E-state index contributed by atoms with van der Waals surface area (Å²) < 4.78 is 43.9. The molecule has 2 rings (SSSR count). The number of hydrogen-bond acceptors (Lipinski definition) is 4. The van der Waals surface area contributed by atoms with Crippen LogP contribution in [0.4, 0.5) is 13.2 Å². The number of halogens is 4. The molecule has 1 saturated heterocycles. The van der Waals surface area contributed by atoms with E-state index in [9.17, 15) is 13.2 Å². The van der Waals surface area contributed by atoms with Gasteiger partial charge in [0.05, 0.1) is 6.54 Å². The molecule has 0 saturated carbocycles. The van der Waals surface area contributed by atoms with Gasteiger partial charge >= 0.3 is 6.18 Å². The van der Waals surface area contributed by atoms with Crippen LogP contribution in [0, 0.1) is 0 Å². The highest BCUT2D eigenvalue weighted by Gasteiger charge is 2.35. The Morgan fingerprint density at radius 1 is 1.36 bits per heavy atom. The van der Waals surface area contributed by atoms with Gasteiger partial charge < -0.3 is 20.3 Å². The van der Waals surface area contributed by atoms with Crippen molar-refractivity contribution >= 4 is 29.9 Å². The van der Waals surface area contributed by atoms with Crippen LogP contribution in [0.15, 0.2) is 23.3 Å². The molecule has 0 radical (unpaired) electrons. The second kappa shape index (κ2) is 12.3. The molecule has 160 valence electrons. The fraction of sp³-hybridized carbons (Fsp3) is 0.667. The Morgan fingerprint density at radius 3 is 2.68 bits per heavy atom. The van der Waals surface area contributed by atoms with Gasteiger partial charge in [-0.25, -0.2) is 4.98 Å². The lowest BCUT2D eigenvalue weighted by Crippen LogP contribution is -2.49. The van der Waals surface area contributed by atoms with Crippen LogP contribution in [0.3, 0.4) is 0 Å². The lowest BCUT2D eigenvalue weighted by Gasteiger charge is -2.32. The van der Waals surface area contributed by atoms with Crippen molar-refractivity contribution in [3.05, 3.63) is 23.9 Å². The molecule has 2 heterocycles. The number of likely N-dealkylation sites (tertiary alicyclic amines) is 1. The van der Waals surface area contributed by atoms with Crippen molar-refractivity contribution in [3.8, 4) is 5.88 Å². The fourth-order valence-corrected chi connectivity index (χ4v) is 3.04. The first-order valence-electron chi connectivity index (χ1n) is 9.28. The Balaban J connectivity index is 0.00000392. The van der Waals surface area contributed by atoms with Gasteiger partial charge in [0.2, 0.25) is 5.88 Å². The number of nitrogens with one attached hydrogen (secondary N) is 2. The number of pyridine rings is 1. The Bertz CT molecular complexity index is 607. The molecule has 0 bridgehead atoms. The average molecular weight is 515 g/mol. The monoisotopic (exact) mass is 515 g/mol. The third kappa shape index (κ3) is 7.98. The van der Waals surface area contributed by atoms with Crippen molar-refractivity contribution in [2.75, 3.05) is 39.8 Å². The van der Waals surface area contributed by atoms with Crippen LogP contribution < -0.4 is 15.4 Å². The minimum Gasteiger partial charge on any atom is -0.475 e. The van der Waals surface area contributed by atoms with Gasteiger partial charge in [-0.05, 0) is 37.9 Å². The van der Waals surface area contributed by atoms with Crippen LogP contribution in [-0.2, 0) is 6.18 Å². The molecule has 28 heavy (non-hydrogen) atoms. The van der Waals surface area contributed by atoms with Crippen LogP contribution >= 0.6 is 24.0 Å². The molecule has 1 aliphatic rings. The predicted molar refractivity (Wildman–Crippen MR) is 114 cm³/mol. The summed E-state index contributed by atoms with van der Waals surface area (Å²) in [5.41, 5.74) is -0.869. The van der Waals surface area contributed by atoms with E-state index in [1.807, 2.05) is 0 Å². The number of hydrogen-bond donors (Lipinski definition) is 2. The maximum Gasteiger partial charge on any atom is 0.421 e. The summed E-state index contributed by atoms with van der Waals surface area (Å²) in [4.78, 5) is 10.3. The van der Waals surface area contributed by atoms with Crippen molar-refractivity contribution in [2.45, 2.75) is 38.4 Å². The smallest absolute Gasteiger partial charge is 0.421 e. The van der Waals surface area contributed by atoms with Gasteiger partial charge in [0.1, 0.15) is 12.2 Å². The van der Waals surface area contributed by atoms with E-state index in [-0.39, 0.29) is 30.6 Å². The molecule has 1 aromatic rings. The highest BCUT2D eigenvalue weighted by atomic mass is 127. The summed E-state index contributed by atoms with van der Waals surface area (Å²) in [7, 11) is 1.67. The molecule has 1 aromatic heterocycles. The third-order valence-corrected chi connectivity index (χ3v) is 4.40. The number of rotatable bonds is 7. The zero-order valence-electron chi connectivity index (χ0n) is 16.3. The van der Waals surface area contributed by atoms with Crippen molar-refractivity contribution in [1.29, 1.82) is 0 Å². The molecule has 2 N–H and O–H groups in total. The van der Waals surface area contributed by atoms with E-state index in [4.69, 9.17) is 4.74 Å². The van der Waals surface area contributed by atoms with E-state index in [0.717, 1.165) is 45.0 Å². The normalized spacial score (nSPS) is 16.4. The largest absolute Gasteiger partial charge is 0.475 e. The van der Waals surface area contributed by atoms with Crippen molar-refractivity contribution in [2.24, 2.45) is 4.99 Å². The molecular formula is C18H29F3IN5O. The van der Waals surface area contributed by atoms with Crippen LogP contribution in [0.1, 0.15) is 31.7 Å². The number of aliphatic imine (C=N–C) groups is 1.